The number of aliphatic hydroxyl groups excluding tert-OH is 1. The minimum Gasteiger partial charge on any atom is -0.464 e. The van der Waals surface area contributed by atoms with Crippen molar-refractivity contribution in [2.45, 2.75) is 113 Å². The molecule has 11 atom stereocenters. The summed E-state index contributed by atoms with van der Waals surface area (Å²) in [4.78, 5) is 23.1. The number of ketones is 1. The third-order valence-electron chi connectivity index (χ3n) is 10.4. The first-order valence-electron chi connectivity index (χ1n) is 13.4. The van der Waals surface area contributed by atoms with Crippen molar-refractivity contribution in [3.63, 3.8) is 0 Å². The van der Waals surface area contributed by atoms with E-state index < -0.39 is 45.9 Å². The fourth-order valence-electron chi connectivity index (χ4n) is 8.67. The van der Waals surface area contributed by atoms with Gasteiger partial charge in [-0.05, 0) is 49.7 Å². The third kappa shape index (κ3) is 3.12. The van der Waals surface area contributed by atoms with E-state index in [2.05, 4.69) is 6.92 Å². The van der Waals surface area contributed by atoms with Gasteiger partial charge in [0.2, 0.25) is 0 Å². The van der Waals surface area contributed by atoms with E-state index in [9.17, 15) is 14.7 Å². The summed E-state index contributed by atoms with van der Waals surface area (Å²) in [6, 6.07) is 0. The zero-order chi connectivity index (χ0) is 25.7. The maximum absolute atomic E-state index is 17.5. The summed E-state index contributed by atoms with van der Waals surface area (Å²) in [5, 5.41) is 11.5. The van der Waals surface area contributed by atoms with E-state index in [4.69, 9.17) is 14.2 Å². The minimum absolute atomic E-state index is 0.0700. The maximum Gasteiger partial charge on any atom is 0.307 e. The number of rotatable bonds is 4. The molecule has 2 saturated heterocycles. The van der Waals surface area contributed by atoms with Crippen molar-refractivity contribution in [2.75, 3.05) is 6.61 Å². The molecule has 200 valence electrons. The highest BCUT2D eigenvalue weighted by Crippen LogP contribution is 2.74. The molecule has 3 unspecified atom stereocenters. The van der Waals surface area contributed by atoms with Crippen LogP contribution in [0, 0.1) is 22.7 Å². The molecule has 2 heterocycles. The number of hydrogen-bond donors (Lipinski definition) is 1. The summed E-state index contributed by atoms with van der Waals surface area (Å²) in [7, 11) is 0. The van der Waals surface area contributed by atoms with Crippen LogP contribution in [0.1, 0.15) is 72.1 Å². The maximum atomic E-state index is 17.5. The molecule has 9 heteroatoms. The minimum atomic E-state index is -2.05. The number of ether oxygens (including phenoxy) is 3. The average Bonchev–Trinajstić information content (AvgIpc) is 3.44. The van der Waals surface area contributed by atoms with Crippen molar-refractivity contribution >= 4 is 23.5 Å². The molecule has 0 aromatic heterocycles. The van der Waals surface area contributed by atoms with Crippen LogP contribution in [0.5, 0.6) is 0 Å². The number of esters is 1. The van der Waals surface area contributed by atoms with E-state index in [0.29, 0.717) is 12.8 Å². The zero-order valence-electron chi connectivity index (χ0n) is 21.1. The van der Waals surface area contributed by atoms with Crippen molar-refractivity contribution < 1.29 is 37.7 Å². The first kappa shape index (κ1) is 25.3. The van der Waals surface area contributed by atoms with Gasteiger partial charge in [-0.1, -0.05) is 27.2 Å². The number of alkyl halides is 2. The van der Waals surface area contributed by atoms with Gasteiger partial charge in [-0.15, -0.1) is 11.8 Å². The van der Waals surface area contributed by atoms with Crippen LogP contribution in [0.2, 0.25) is 0 Å². The lowest BCUT2D eigenvalue weighted by molar-refractivity contribution is -0.232. The quantitative estimate of drug-likeness (QED) is 0.543. The molecule has 0 amide bonds. The SMILES string of the molecule is CCC[C@@H]1O[C@@H]2CC3C4C[C@H](F)C5=CC(=O)CC[C@]5(C)[C@@]4(F)[C@@H](O)C[C@]3(C)[C@]2(SC2COC(=O)C2)O1. The van der Waals surface area contributed by atoms with Crippen molar-refractivity contribution in [2.24, 2.45) is 22.7 Å². The van der Waals surface area contributed by atoms with E-state index >= 15 is 8.78 Å². The van der Waals surface area contributed by atoms with Crippen LogP contribution in [-0.2, 0) is 23.8 Å². The second-order valence-corrected chi connectivity index (χ2v) is 13.7. The van der Waals surface area contributed by atoms with E-state index in [-0.39, 0.29) is 73.3 Å². The molecule has 0 radical (unpaired) electrons. The molecule has 3 saturated carbocycles. The summed E-state index contributed by atoms with van der Waals surface area (Å²) in [6.45, 7) is 6.07. The van der Waals surface area contributed by atoms with Gasteiger partial charge in [0.25, 0.3) is 0 Å². The van der Waals surface area contributed by atoms with Crippen molar-refractivity contribution in [1.29, 1.82) is 0 Å². The van der Waals surface area contributed by atoms with Gasteiger partial charge < -0.3 is 19.3 Å². The lowest BCUT2D eigenvalue weighted by Gasteiger charge is -2.64. The van der Waals surface area contributed by atoms with Crippen LogP contribution in [-0.4, -0.2) is 64.0 Å². The molecule has 36 heavy (non-hydrogen) atoms. The smallest absolute Gasteiger partial charge is 0.307 e. The number of cyclic esters (lactones) is 1. The standard InChI is InChI=1S/C27H36F2O6S/c1-4-5-23-34-21-11-16-17-10-19(28)18-8-14(30)6-7-24(18,2)26(17,29)20(31)12-25(16,3)27(21,35-23)36-15-9-22(32)33-13-15/h8,15-17,19-21,23,31H,4-7,9-13H2,1-3H3/t15?,16?,17?,19-,20-,21+,23+,24-,25-,26-,27-/m0/s1. The van der Waals surface area contributed by atoms with E-state index in [1.54, 1.807) is 6.92 Å². The summed E-state index contributed by atoms with van der Waals surface area (Å²) >= 11 is 1.54. The molecular formula is C27H36F2O6S. The Morgan fingerprint density at radius 2 is 2.00 bits per heavy atom. The second-order valence-electron chi connectivity index (χ2n) is 12.2. The third-order valence-corrected chi connectivity index (χ3v) is 12.2. The van der Waals surface area contributed by atoms with E-state index in [1.807, 2.05) is 6.92 Å². The molecule has 5 fully saturated rings. The van der Waals surface area contributed by atoms with Gasteiger partial charge in [-0.2, -0.15) is 0 Å². The normalized spacial score (nSPS) is 53.8. The van der Waals surface area contributed by atoms with Crippen LogP contribution >= 0.6 is 11.8 Å². The van der Waals surface area contributed by atoms with Crippen LogP contribution in [0.25, 0.3) is 0 Å². The summed E-state index contributed by atoms with van der Waals surface area (Å²) < 4.78 is 51.6. The van der Waals surface area contributed by atoms with Crippen LogP contribution < -0.4 is 0 Å². The van der Waals surface area contributed by atoms with Crippen molar-refractivity contribution in [1.82, 2.24) is 0 Å². The highest BCUT2D eigenvalue weighted by atomic mass is 32.2. The highest BCUT2D eigenvalue weighted by molar-refractivity contribution is 8.01. The Kier molecular flexibility index (Phi) is 5.78. The number of thioether (sulfide) groups is 1. The molecule has 0 bridgehead atoms. The molecule has 6 nitrogen and oxygen atoms in total. The Bertz CT molecular complexity index is 1010. The Morgan fingerprint density at radius 3 is 2.69 bits per heavy atom. The number of hydrogen-bond acceptors (Lipinski definition) is 7. The summed E-state index contributed by atoms with van der Waals surface area (Å²) in [5.74, 6) is -1.44. The zero-order valence-corrected chi connectivity index (χ0v) is 22.0. The molecule has 2 aliphatic heterocycles. The largest absolute Gasteiger partial charge is 0.464 e. The predicted octanol–water partition coefficient (Wildman–Crippen LogP) is 4.43. The number of allylic oxidation sites excluding steroid dienone is 1. The molecule has 0 aromatic carbocycles. The molecule has 0 spiro atoms. The Hall–Kier alpha value is -1.03. The van der Waals surface area contributed by atoms with Gasteiger partial charge in [0.15, 0.2) is 12.1 Å². The Labute approximate surface area is 214 Å². The number of fused-ring (bicyclic) bond motifs is 7. The lowest BCUT2D eigenvalue weighted by Crippen LogP contribution is -2.70. The lowest BCUT2D eigenvalue weighted by atomic mass is 9.44. The number of carbonyl (C=O) groups is 2. The van der Waals surface area contributed by atoms with Gasteiger partial charge in [-0.3, -0.25) is 9.59 Å². The fraction of sp³-hybridized carbons (Fsp3) is 0.852. The highest BCUT2D eigenvalue weighted by Gasteiger charge is 2.79. The van der Waals surface area contributed by atoms with Gasteiger partial charge in [0, 0.05) is 23.2 Å². The van der Waals surface area contributed by atoms with E-state index in [1.165, 1.54) is 17.8 Å². The first-order chi connectivity index (χ1) is 17.0. The molecular weight excluding hydrogens is 490 g/mol. The summed E-state index contributed by atoms with van der Waals surface area (Å²) in [6.07, 6.45) is 0.559. The monoisotopic (exact) mass is 526 g/mol. The predicted molar refractivity (Wildman–Crippen MR) is 128 cm³/mol. The number of carbonyl (C=O) groups excluding carboxylic acids is 2. The van der Waals surface area contributed by atoms with Crippen LogP contribution in [0.3, 0.4) is 0 Å². The Morgan fingerprint density at radius 1 is 1.22 bits per heavy atom. The summed E-state index contributed by atoms with van der Waals surface area (Å²) in [5.41, 5.74) is -3.77. The molecule has 6 aliphatic rings. The topological polar surface area (TPSA) is 82.1 Å². The first-order valence-corrected chi connectivity index (χ1v) is 14.3. The Balaban J connectivity index is 1.41. The molecule has 0 aromatic rings. The molecule has 1 N–H and O–H groups in total. The van der Waals surface area contributed by atoms with Gasteiger partial charge in [-0.25, -0.2) is 8.78 Å². The van der Waals surface area contributed by atoms with E-state index in [0.717, 1.165) is 6.42 Å². The molecule has 4 aliphatic carbocycles. The van der Waals surface area contributed by atoms with Crippen LogP contribution in [0.15, 0.2) is 11.6 Å². The van der Waals surface area contributed by atoms with Crippen LogP contribution in [0.4, 0.5) is 8.78 Å². The van der Waals surface area contributed by atoms with Gasteiger partial charge >= 0.3 is 5.97 Å². The van der Waals surface area contributed by atoms with Crippen molar-refractivity contribution in [3.05, 3.63) is 11.6 Å². The van der Waals surface area contributed by atoms with Crippen molar-refractivity contribution in [3.8, 4) is 0 Å². The number of halogens is 2. The molecule has 6 rings (SSSR count). The number of aliphatic hydroxyl groups is 1. The average molecular weight is 527 g/mol. The fourth-order valence-corrected chi connectivity index (χ4v) is 10.5. The van der Waals surface area contributed by atoms with Gasteiger partial charge in [0.05, 0.1) is 17.8 Å². The van der Waals surface area contributed by atoms with Gasteiger partial charge in [0.1, 0.15) is 29.5 Å². The second kappa shape index (κ2) is 8.23.